The van der Waals surface area contributed by atoms with Gasteiger partial charge in [-0.15, -0.1) is 11.3 Å². The van der Waals surface area contributed by atoms with E-state index in [1.54, 1.807) is 6.20 Å². The van der Waals surface area contributed by atoms with Crippen molar-refractivity contribution in [1.29, 1.82) is 0 Å². The fourth-order valence-corrected chi connectivity index (χ4v) is 3.84. The second-order valence-electron chi connectivity index (χ2n) is 4.95. The van der Waals surface area contributed by atoms with Crippen LogP contribution in [0, 0.1) is 0 Å². The van der Waals surface area contributed by atoms with Crippen LogP contribution in [0.1, 0.15) is 27.3 Å². The third kappa shape index (κ3) is 2.99. The predicted molar refractivity (Wildman–Crippen MR) is 76.3 cm³/mol. The lowest BCUT2D eigenvalue weighted by atomic mass is 9.96. The van der Waals surface area contributed by atoms with E-state index in [2.05, 4.69) is 17.1 Å². The molecular weight excluding hydrogens is 274 g/mol. The number of aromatic nitrogens is 1. The molecule has 0 saturated heterocycles. The van der Waals surface area contributed by atoms with Gasteiger partial charge in [-0.3, -0.25) is 4.98 Å². The topological polar surface area (TPSA) is 59.4 Å². The molecule has 0 amide bonds. The SMILES string of the molecule is O=C(O)OC1CCc2sc(Cc3cccnc3)cc2C1. The van der Waals surface area contributed by atoms with Crippen LogP contribution in [0.25, 0.3) is 0 Å². The first kappa shape index (κ1) is 13.1. The number of thiophene rings is 1. The van der Waals surface area contributed by atoms with Gasteiger partial charge in [0.25, 0.3) is 0 Å². The van der Waals surface area contributed by atoms with Gasteiger partial charge in [-0.2, -0.15) is 0 Å². The molecule has 0 spiro atoms. The van der Waals surface area contributed by atoms with E-state index in [4.69, 9.17) is 9.84 Å². The summed E-state index contributed by atoms with van der Waals surface area (Å²) < 4.78 is 4.89. The van der Waals surface area contributed by atoms with E-state index in [9.17, 15) is 4.79 Å². The van der Waals surface area contributed by atoms with Gasteiger partial charge in [-0.1, -0.05) is 6.07 Å². The summed E-state index contributed by atoms with van der Waals surface area (Å²) in [5, 5.41) is 8.69. The lowest BCUT2D eigenvalue weighted by Gasteiger charge is -2.20. The largest absolute Gasteiger partial charge is 0.506 e. The molecule has 5 heteroatoms. The van der Waals surface area contributed by atoms with E-state index >= 15 is 0 Å². The standard InChI is InChI=1S/C15H15NO3S/c17-15(18)19-12-3-4-14-11(7-12)8-13(20-14)6-10-2-1-5-16-9-10/h1-2,5,8-9,12H,3-4,6-7H2,(H,17,18). The Hall–Kier alpha value is -1.88. The van der Waals surface area contributed by atoms with Crippen molar-refractivity contribution in [2.45, 2.75) is 31.8 Å². The lowest BCUT2D eigenvalue weighted by molar-refractivity contribution is 0.0464. The Bertz CT molecular complexity index is 609. The van der Waals surface area contributed by atoms with E-state index in [0.29, 0.717) is 6.42 Å². The zero-order chi connectivity index (χ0) is 13.9. The van der Waals surface area contributed by atoms with E-state index in [0.717, 1.165) is 19.3 Å². The van der Waals surface area contributed by atoms with Crippen molar-refractivity contribution < 1.29 is 14.6 Å². The zero-order valence-corrected chi connectivity index (χ0v) is 11.7. The predicted octanol–water partition coefficient (Wildman–Crippen LogP) is 3.29. The first-order valence-electron chi connectivity index (χ1n) is 6.59. The van der Waals surface area contributed by atoms with Crippen molar-refractivity contribution in [3.8, 4) is 0 Å². The highest BCUT2D eigenvalue weighted by atomic mass is 32.1. The summed E-state index contributed by atoms with van der Waals surface area (Å²) in [5.41, 5.74) is 2.44. The zero-order valence-electron chi connectivity index (χ0n) is 10.9. The quantitative estimate of drug-likeness (QED) is 0.881. The number of pyridine rings is 1. The molecule has 0 saturated carbocycles. The fourth-order valence-electron chi connectivity index (χ4n) is 2.59. The number of carbonyl (C=O) groups is 1. The number of carboxylic acid groups (broad SMARTS) is 1. The Labute approximate surface area is 121 Å². The second-order valence-corrected chi connectivity index (χ2v) is 6.17. The van der Waals surface area contributed by atoms with Gasteiger partial charge in [-0.05, 0) is 36.1 Å². The Balaban J connectivity index is 1.72. The van der Waals surface area contributed by atoms with Crippen molar-refractivity contribution in [2.24, 2.45) is 0 Å². The minimum Gasteiger partial charge on any atom is -0.450 e. The van der Waals surface area contributed by atoms with Crippen LogP contribution in [0.15, 0.2) is 30.6 Å². The van der Waals surface area contributed by atoms with Crippen molar-refractivity contribution in [1.82, 2.24) is 4.98 Å². The molecule has 1 unspecified atom stereocenters. The molecule has 0 aliphatic heterocycles. The van der Waals surface area contributed by atoms with E-state index in [1.165, 1.54) is 20.9 Å². The monoisotopic (exact) mass is 289 g/mol. The molecule has 1 aliphatic carbocycles. The summed E-state index contributed by atoms with van der Waals surface area (Å²) in [7, 11) is 0. The third-order valence-corrected chi connectivity index (χ3v) is 4.69. The molecule has 0 bridgehead atoms. The van der Waals surface area contributed by atoms with Crippen LogP contribution in [-0.2, 0) is 24.0 Å². The van der Waals surface area contributed by atoms with Gasteiger partial charge < -0.3 is 9.84 Å². The van der Waals surface area contributed by atoms with Crippen molar-refractivity contribution in [2.75, 3.05) is 0 Å². The van der Waals surface area contributed by atoms with Crippen LogP contribution in [-0.4, -0.2) is 22.3 Å². The minimum atomic E-state index is -1.18. The maximum absolute atomic E-state index is 10.6. The molecule has 0 aromatic carbocycles. The van der Waals surface area contributed by atoms with Crippen molar-refractivity contribution in [3.05, 3.63) is 51.5 Å². The average Bonchev–Trinajstić information content (AvgIpc) is 2.80. The van der Waals surface area contributed by atoms with Gasteiger partial charge in [-0.25, -0.2) is 4.79 Å². The number of hydrogen-bond donors (Lipinski definition) is 1. The number of nitrogens with zero attached hydrogens (tertiary/aromatic N) is 1. The minimum absolute atomic E-state index is 0.194. The molecular formula is C15H15NO3S. The molecule has 2 aromatic rings. The Morgan fingerprint density at radius 3 is 3.20 bits per heavy atom. The molecule has 1 aliphatic rings. The fraction of sp³-hybridized carbons (Fsp3) is 0.333. The number of hydrogen-bond acceptors (Lipinski definition) is 4. The number of aryl methyl sites for hydroxylation is 1. The first-order chi connectivity index (χ1) is 9.70. The molecule has 0 radical (unpaired) electrons. The summed E-state index contributed by atoms with van der Waals surface area (Å²) in [5.74, 6) is 0. The van der Waals surface area contributed by atoms with Gasteiger partial charge in [0.2, 0.25) is 0 Å². The molecule has 3 rings (SSSR count). The van der Waals surface area contributed by atoms with E-state index < -0.39 is 6.16 Å². The van der Waals surface area contributed by atoms with Gasteiger partial charge in [0.05, 0.1) is 0 Å². The number of rotatable bonds is 3. The Morgan fingerprint density at radius 1 is 1.55 bits per heavy atom. The van der Waals surface area contributed by atoms with Crippen LogP contribution in [0.4, 0.5) is 4.79 Å². The normalized spacial score (nSPS) is 17.5. The van der Waals surface area contributed by atoms with Crippen molar-refractivity contribution >= 4 is 17.5 Å². The highest BCUT2D eigenvalue weighted by Crippen LogP contribution is 2.32. The van der Waals surface area contributed by atoms with Gasteiger partial charge in [0, 0.05) is 35.0 Å². The Kier molecular flexibility index (Phi) is 3.69. The van der Waals surface area contributed by atoms with E-state index in [1.807, 2.05) is 23.6 Å². The molecule has 2 aromatic heterocycles. The van der Waals surface area contributed by atoms with Gasteiger partial charge in [0.15, 0.2) is 0 Å². The summed E-state index contributed by atoms with van der Waals surface area (Å²) in [4.78, 5) is 17.4. The highest BCUT2D eigenvalue weighted by Gasteiger charge is 2.23. The Morgan fingerprint density at radius 2 is 2.45 bits per heavy atom. The molecule has 104 valence electrons. The molecule has 0 fully saturated rings. The number of ether oxygens (including phenoxy) is 1. The average molecular weight is 289 g/mol. The molecule has 4 nitrogen and oxygen atoms in total. The summed E-state index contributed by atoms with van der Waals surface area (Å²) >= 11 is 1.82. The van der Waals surface area contributed by atoms with Crippen LogP contribution < -0.4 is 0 Å². The third-order valence-electron chi connectivity index (χ3n) is 3.46. The molecule has 20 heavy (non-hydrogen) atoms. The van der Waals surface area contributed by atoms with Crippen LogP contribution >= 0.6 is 11.3 Å². The van der Waals surface area contributed by atoms with Crippen LogP contribution in [0.5, 0.6) is 0 Å². The summed E-state index contributed by atoms with van der Waals surface area (Å²) in [6, 6.07) is 6.20. The maximum Gasteiger partial charge on any atom is 0.506 e. The van der Waals surface area contributed by atoms with Gasteiger partial charge >= 0.3 is 6.16 Å². The first-order valence-corrected chi connectivity index (χ1v) is 7.41. The van der Waals surface area contributed by atoms with Crippen LogP contribution in [0.3, 0.4) is 0 Å². The smallest absolute Gasteiger partial charge is 0.450 e. The van der Waals surface area contributed by atoms with Gasteiger partial charge in [0.1, 0.15) is 6.10 Å². The summed E-state index contributed by atoms with van der Waals surface area (Å²) in [6.07, 6.45) is 5.56. The van der Waals surface area contributed by atoms with Crippen molar-refractivity contribution in [3.63, 3.8) is 0 Å². The maximum atomic E-state index is 10.6. The number of fused-ring (bicyclic) bond motifs is 1. The van der Waals surface area contributed by atoms with E-state index in [-0.39, 0.29) is 6.10 Å². The molecule has 1 atom stereocenters. The second kappa shape index (κ2) is 5.63. The lowest BCUT2D eigenvalue weighted by Crippen LogP contribution is -2.23. The molecule has 1 N–H and O–H groups in total. The highest BCUT2D eigenvalue weighted by molar-refractivity contribution is 7.12. The summed E-state index contributed by atoms with van der Waals surface area (Å²) in [6.45, 7) is 0. The molecule has 2 heterocycles. The van der Waals surface area contributed by atoms with Crippen LogP contribution in [0.2, 0.25) is 0 Å².